The Morgan fingerprint density at radius 1 is 1.52 bits per heavy atom. The molecular weight excluding hydrogens is 274 g/mol. The molecule has 3 rings (SSSR count). The van der Waals surface area contributed by atoms with Crippen LogP contribution in [-0.4, -0.2) is 44.1 Å². The molecule has 21 heavy (non-hydrogen) atoms. The Balaban J connectivity index is 1.88. The molecule has 0 spiro atoms. The molecule has 1 aliphatic carbocycles. The van der Waals surface area contributed by atoms with Crippen molar-refractivity contribution in [1.29, 1.82) is 0 Å². The van der Waals surface area contributed by atoms with Gasteiger partial charge in [0.15, 0.2) is 0 Å². The van der Waals surface area contributed by atoms with Crippen LogP contribution >= 0.6 is 0 Å². The summed E-state index contributed by atoms with van der Waals surface area (Å²) in [6.07, 6.45) is 4.76. The van der Waals surface area contributed by atoms with Crippen LogP contribution in [0.3, 0.4) is 0 Å². The number of amides is 1. The van der Waals surface area contributed by atoms with Crippen molar-refractivity contribution in [1.82, 2.24) is 9.47 Å². The van der Waals surface area contributed by atoms with Gasteiger partial charge in [0.2, 0.25) is 0 Å². The number of aromatic nitrogens is 1. The van der Waals surface area contributed by atoms with Crippen LogP contribution in [-0.2, 0) is 0 Å². The Morgan fingerprint density at radius 2 is 2.24 bits per heavy atom. The summed E-state index contributed by atoms with van der Waals surface area (Å²) in [6.45, 7) is 2.57. The van der Waals surface area contributed by atoms with Gasteiger partial charge in [0.1, 0.15) is 5.69 Å². The van der Waals surface area contributed by atoms with Crippen LogP contribution in [0.1, 0.15) is 49.1 Å². The highest BCUT2D eigenvalue weighted by atomic mass is 16.6. The molecule has 1 unspecified atom stereocenters. The Morgan fingerprint density at radius 3 is 2.81 bits per heavy atom. The second kappa shape index (κ2) is 4.84. The molecule has 0 bridgehead atoms. The summed E-state index contributed by atoms with van der Waals surface area (Å²) in [4.78, 5) is 24.7. The monoisotopic (exact) mass is 293 g/mol. The fourth-order valence-corrected chi connectivity index (χ4v) is 2.95. The minimum atomic E-state index is -0.878. The molecule has 2 fully saturated rings. The quantitative estimate of drug-likeness (QED) is 0.679. The Kier molecular flexibility index (Phi) is 3.24. The highest BCUT2D eigenvalue weighted by Gasteiger charge is 2.35. The van der Waals surface area contributed by atoms with Crippen LogP contribution in [0.25, 0.3) is 0 Å². The molecule has 1 aromatic heterocycles. The number of nitro groups is 1. The van der Waals surface area contributed by atoms with Crippen molar-refractivity contribution in [3.63, 3.8) is 0 Å². The van der Waals surface area contributed by atoms with Crippen molar-refractivity contribution in [2.45, 2.75) is 44.2 Å². The first kappa shape index (κ1) is 14.1. The molecule has 2 aliphatic rings. The number of likely N-dealkylation sites (tertiary alicyclic amines) is 1. The number of aliphatic hydroxyl groups is 1. The van der Waals surface area contributed by atoms with E-state index in [1.165, 1.54) is 12.3 Å². The lowest BCUT2D eigenvalue weighted by atomic mass is 9.95. The second-order valence-electron chi connectivity index (χ2n) is 6.31. The SMILES string of the molecule is CC1(O)CCCN(C(=O)c2cc([N+](=O)[O-])cn2C2CC2)C1. The summed E-state index contributed by atoms with van der Waals surface area (Å²) in [6, 6.07) is 1.55. The van der Waals surface area contributed by atoms with Crippen LogP contribution in [0.2, 0.25) is 0 Å². The molecule has 1 N–H and O–H groups in total. The van der Waals surface area contributed by atoms with Gasteiger partial charge in [-0.05, 0) is 32.6 Å². The number of hydrogen-bond acceptors (Lipinski definition) is 4. The van der Waals surface area contributed by atoms with Crippen LogP contribution < -0.4 is 0 Å². The van der Waals surface area contributed by atoms with Crippen molar-refractivity contribution in [3.05, 3.63) is 28.1 Å². The van der Waals surface area contributed by atoms with Gasteiger partial charge in [0.05, 0.1) is 16.7 Å². The van der Waals surface area contributed by atoms with Crippen LogP contribution in [0.15, 0.2) is 12.3 Å². The minimum absolute atomic E-state index is 0.0472. The van der Waals surface area contributed by atoms with E-state index in [2.05, 4.69) is 0 Å². The van der Waals surface area contributed by atoms with Crippen molar-refractivity contribution in [3.8, 4) is 0 Å². The molecule has 2 heterocycles. The third kappa shape index (κ3) is 2.78. The number of carbonyl (C=O) groups is 1. The Hall–Kier alpha value is -1.89. The lowest BCUT2D eigenvalue weighted by Gasteiger charge is -2.36. The lowest BCUT2D eigenvalue weighted by molar-refractivity contribution is -0.384. The minimum Gasteiger partial charge on any atom is -0.388 e. The third-order valence-electron chi connectivity index (χ3n) is 4.17. The summed E-state index contributed by atoms with van der Waals surface area (Å²) >= 11 is 0. The smallest absolute Gasteiger partial charge is 0.287 e. The Bertz CT molecular complexity index is 589. The van der Waals surface area contributed by atoms with Gasteiger partial charge in [-0.1, -0.05) is 0 Å². The molecule has 0 radical (unpaired) electrons. The topological polar surface area (TPSA) is 88.6 Å². The number of carbonyl (C=O) groups excluding carboxylic acids is 1. The van der Waals surface area contributed by atoms with E-state index in [0.29, 0.717) is 18.7 Å². The molecule has 1 aromatic rings. The first-order chi connectivity index (χ1) is 9.87. The molecule has 7 heteroatoms. The van der Waals surface area contributed by atoms with Gasteiger partial charge in [-0.2, -0.15) is 0 Å². The maximum Gasteiger partial charge on any atom is 0.287 e. The highest BCUT2D eigenvalue weighted by molar-refractivity contribution is 5.93. The molecule has 1 atom stereocenters. The molecule has 1 aliphatic heterocycles. The van der Waals surface area contributed by atoms with Gasteiger partial charge in [0, 0.05) is 25.2 Å². The van der Waals surface area contributed by atoms with E-state index in [0.717, 1.165) is 19.3 Å². The zero-order chi connectivity index (χ0) is 15.2. The third-order valence-corrected chi connectivity index (χ3v) is 4.17. The van der Waals surface area contributed by atoms with E-state index < -0.39 is 10.5 Å². The molecule has 7 nitrogen and oxygen atoms in total. The zero-order valence-corrected chi connectivity index (χ0v) is 12.0. The van der Waals surface area contributed by atoms with Gasteiger partial charge in [0.25, 0.3) is 11.6 Å². The standard InChI is InChI=1S/C14H19N3O4/c1-14(19)5-2-6-15(9-14)13(18)12-7-11(17(20)21)8-16(12)10-3-4-10/h7-8,10,19H,2-6,9H2,1H3. The maximum atomic E-state index is 12.6. The van der Waals surface area contributed by atoms with Crippen LogP contribution in [0.4, 0.5) is 5.69 Å². The summed E-state index contributed by atoms with van der Waals surface area (Å²) in [5.41, 5.74) is -0.562. The van der Waals surface area contributed by atoms with E-state index in [9.17, 15) is 20.0 Å². The van der Waals surface area contributed by atoms with E-state index in [1.807, 2.05) is 0 Å². The number of rotatable bonds is 3. The van der Waals surface area contributed by atoms with Gasteiger partial charge >= 0.3 is 0 Å². The van der Waals surface area contributed by atoms with E-state index >= 15 is 0 Å². The predicted molar refractivity (Wildman–Crippen MR) is 75.1 cm³/mol. The van der Waals surface area contributed by atoms with Gasteiger partial charge in [-0.15, -0.1) is 0 Å². The Labute approximate surface area is 122 Å². The molecular formula is C14H19N3O4. The van der Waals surface area contributed by atoms with Crippen molar-refractivity contribution < 1.29 is 14.8 Å². The van der Waals surface area contributed by atoms with Crippen molar-refractivity contribution in [2.75, 3.05) is 13.1 Å². The maximum absolute atomic E-state index is 12.6. The lowest BCUT2D eigenvalue weighted by Crippen LogP contribution is -2.48. The summed E-state index contributed by atoms with van der Waals surface area (Å²) in [5.74, 6) is -0.227. The molecule has 1 saturated heterocycles. The fraction of sp³-hybridized carbons (Fsp3) is 0.643. The van der Waals surface area contributed by atoms with Gasteiger partial charge in [-0.3, -0.25) is 14.9 Å². The molecule has 0 aromatic carbocycles. The molecule has 1 saturated carbocycles. The first-order valence-electron chi connectivity index (χ1n) is 7.25. The average Bonchev–Trinajstić information content (AvgIpc) is 3.15. The largest absolute Gasteiger partial charge is 0.388 e. The fourth-order valence-electron chi connectivity index (χ4n) is 2.95. The summed E-state index contributed by atoms with van der Waals surface area (Å²) in [7, 11) is 0. The highest BCUT2D eigenvalue weighted by Crippen LogP contribution is 2.38. The van der Waals surface area contributed by atoms with E-state index in [4.69, 9.17) is 0 Å². The first-order valence-corrected chi connectivity index (χ1v) is 7.25. The summed E-state index contributed by atoms with van der Waals surface area (Å²) in [5, 5.41) is 21.1. The normalized spacial score (nSPS) is 25.9. The average molecular weight is 293 g/mol. The molecule has 114 valence electrons. The molecule has 1 amide bonds. The van der Waals surface area contributed by atoms with Gasteiger partial charge < -0.3 is 14.6 Å². The number of nitrogens with zero attached hydrogens (tertiary/aromatic N) is 3. The van der Waals surface area contributed by atoms with Crippen LogP contribution in [0, 0.1) is 10.1 Å². The van der Waals surface area contributed by atoms with Crippen LogP contribution in [0.5, 0.6) is 0 Å². The van der Waals surface area contributed by atoms with Crippen molar-refractivity contribution in [2.24, 2.45) is 0 Å². The predicted octanol–water partition coefficient (Wildman–Crippen LogP) is 1.72. The van der Waals surface area contributed by atoms with E-state index in [-0.39, 0.29) is 24.2 Å². The number of β-amino-alcohol motifs (C(OH)–C–C–N with tert-alkyl or cyclic N) is 1. The number of piperidine rings is 1. The van der Waals surface area contributed by atoms with Gasteiger partial charge in [-0.25, -0.2) is 0 Å². The van der Waals surface area contributed by atoms with E-state index in [1.54, 1.807) is 16.4 Å². The second-order valence-corrected chi connectivity index (χ2v) is 6.31. The summed E-state index contributed by atoms with van der Waals surface area (Å²) < 4.78 is 1.73. The van der Waals surface area contributed by atoms with Crippen molar-refractivity contribution >= 4 is 11.6 Å². The zero-order valence-electron chi connectivity index (χ0n) is 12.0. The number of hydrogen-bond donors (Lipinski definition) is 1.